The van der Waals surface area contributed by atoms with E-state index in [9.17, 15) is 12.9 Å². The van der Waals surface area contributed by atoms with Gasteiger partial charge in [0, 0.05) is 5.69 Å². The predicted molar refractivity (Wildman–Crippen MR) is 73.2 cm³/mol. The molecule has 0 aliphatic rings. The number of halogens is 3. The second kappa shape index (κ2) is 7.78. The molecule has 0 aliphatic carbocycles. The molecular formula is C14H14BF3KNO. The molecule has 7 heteroatoms. The van der Waals surface area contributed by atoms with Gasteiger partial charge in [-0.3, -0.25) is 4.98 Å². The minimum atomic E-state index is -4.97. The van der Waals surface area contributed by atoms with E-state index in [-0.39, 0.29) is 58.0 Å². The number of benzene rings is 1. The van der Waals surface area contributed by atoms with Gasteiger partial charge in [0.2, 0.25) is 0 Å². The first kappa shape index (κ1) is 18.7. The Balaban J connectivity index is 0.00000220. The third kappa shape index (κ3) is 5.41. The average molecular weight is 319 g/mol. The van der Waals surface area contributed by atoms with Crippen LogP contribution < -0.4 is 61.6 Å². The summed E-state index contributed by atoms with van der Waals surface area (Å²) in [6, 6.07) is 9.06. The van der Waals surface area contributed by atoms with E-state index in [4.69, 9.17) is 4.74 Å². The first-order valence-electron chi connectivity index (χ1n) is 6.22. The molecule has 21 heavy (non-hydrogen) atoms. The molecule has 0 unspecified atom stereocenters. The summed E-state index contributed by atoms with van der Waals surface area (Å²) in [6.07, 6.45) is 0. The Morgan fingerprint density at radius 1 is 1.10 bits per heavy atom. The number of ether oxygens (including phenoxy) is 1. The molecule has 0 fully saturated rings. The number of rotatable bonds is 4. The molecule has 2 aromatic rings. The minimum absolute atomic E-state index is 0. The summed E-state index contributed by atoms with van der Waals surface area (Å²) in [5.74, 6) is 0.442. The molecule has 0 aliphatic heterocycles. The Labute approximate surface area is 164 Å². The van der Waals surface area contributed by atoms with Crippen molar-refractivity contribution in [3.05, 3.63) is 53.3 Å². The van der Waals surface area contributed by atoms with Gasteiger partial charge in [-0.2, -0.15) is 0 Å². The zero-order chi connectivity index (χ0) is 14.8. The van der Waals surface area contributed by atoms with Crippen molar-refractivity contribution in [2.45, 2.75) is 20.5 Å². The molecule has 106 valence electrons. The van der Waals surface area contributed by atoms with Crippen molar-refractivity contribution in [2.24, 2.45) is 0 Å². The van der Waals surface area contributed by atoms with Gasteiger partial charge in [-0.05, 0) is 37.6 Å². The number of nitrogens with zero attached hydrogens (tertiary/aromatic N) is 1. The number of aromatic nitrogens is 1. The maximum atomic E-state index is 12.6. The van der Waals surface area contributed by atoms with E-state index in [2.05, 4.69) is 4.98 Å². The van der Waals surface area contributed by atoms with Crippen LogP contribution in [0.5, 0.6) is 5.75 Å². The molecule has 0 bridgehead atoms. The third-order valence-corrected chi connectivity index (χ3v) is 2.90. The van der Waals surface area contributed by atoms with Gasteiger partial charge in [-0.1, -0.05) is 18.2 Å². The monoisotopic (exact) mass is 319 g/mol. The van der Waals surface area contributed by atoms with Crippen molar-refractivity contribution in [3.8, 4) is 5.75 Å². The van der Waals surface area contributed by atoms with Crippen LogP contribution in [0.1, 0.15) is 17.0 Å². The molecule has 0 radical (unpaired) electrons. The van der Waals surface area contributed by atoms with Crippen LogP contribution in [0.3, 0.4) is 0 Å². The van der Waals surface area contributed by atoms with Crippen LogP contribution in [0.2, 0.25) is 0 Å². The summed E-state index contributed by atoms with van der Waals surface area (Å²) in [5.41, 5.74) is 1.48. The molecule has 0 saturated heterocycles. The fourth-order valence-electron chi connectivity index (χ4n) is 1.87. The quantitative estimate of drug-likeness (QED) is 0.758. The van der Waals surface area contributed by atoms with E-state index < -0.39 is 12.4 Å². The van der Waals surface area contributed by atoms with Crippen molar-refractivity contribution in [1.82, 2.24) is 4.98 Å². The van der Waals surface area contributed by atoms with E-state index in [0.29, 0.717) is 11.3 Å². The molecule has 0 N–H and O–H groups in total. The van der Waals surface area contributed by atoms with E-state index in [1.165, 1.54) is 6.07 Å². The second-order valence-electron chi connectivity index (χ2n) is 4.66. The Kier molecular flexibility index (Phi) is 6.93. The summed E-state index contributed by atoms with van der Waals surface area (Å²) < 4.78 is 43.3. The Bertz CT molecular complexity index is 619. The number of hydrogen-bond acceptors (Lipinski definition) is 2. The Morgan fingerprint density at radius 3 is 2.38 bits per heavy atom. The van der Waals surface area contributed by atoms with Crippen molar-refractivity contribution in [1.29, 1.82) is 0 Å². The zero-order valence-corrected chi connectivity index (χ0v) is 15.4. The van der Waals surface area contributed by atoms with E-state index in [1.54, 1.807) is 6.92 Å². The Hall–Kier alpha value is -0.339. The Morgan fingerprint density at radius 2 is 1.81 bits per heavy atom. The van der Waals surface area contributed by atoms with Crippen LogP contribution >= 0.6 is 0 Å². The van der Waals surface area contributed by atoms with Gasteiger partial charge in [-0.25, -0.2) is 0 Å². The van der Waals surface area contributed by atoms with Crippen molar-refractivity contribution in [2.75, 3.05) is 0 Å². The van der Waals surface area contributed by atoms with Crippen molar-refractivity contribution < 1.29 is 69.1 Å². The number of hydrogen-bond donors (Lipinski definition) is 0. The molecule has 1 aromatic heterocycles. The minimum Gasteiger partial charge on any atom is -0.487 e. The average Bonchev–Trinajstić information content (AvgIpc) is 2.36. The standard InChI is InChI=1S/C14H14BF3NO.K/c1-10-8-12(15(16,17)18)6-7-14(10)20-9-13-5-3-4-11(2)19-13;/h3-8H,9H2,1-2H3;/q-1;+1. The van der Waals surface area contributed by atoms with Crippen LogP contribution in [0.15, 0.2) is 36.4 Å². The summed E-state index contributed by atoms with van der Waals surface area (Å²) in [6.45, 7) is -1.26. The van der Waals surface area contributed by atoms with Crippen LogP contribution in [0, 0.1) is 13.8 Å². The summed E-state index contributed by atoms with van der Waals surface area (Å²) >= 11 is 0. The maximum Gasteiger partial charge on any atom is 1.00 e. The second-order valence-corrected chi connectivity index (χ2v) is 4.66. The first-order chi connectivity index (χ1) is 9.36. The normalized spacial score (nSPS) is 10.9. The van der Waals surface area contributed by atoms with Gasteiger partial charge < -0.3 is 17.7 Å². The zero-order valence-electron chi connectivity index (χ0n) is 12.2. The molecule has 0 spiro atoms. The van der Waals surface area contributed by atoms with Crippen LogP contribution in [0.25, 0.3) is 0 Å². The fourth-order valence-corrected chi connectivity index (χ4v) is 1.87. The van der Waals surface area contributed by atoms with Crippen LogP contribution in [0.4, 0.5) is 12.9 Å². The molecule has 0 atom stereocenters. The van der Waals surface area contributed by atoms with Gasteiger partial charge in [0.05, 0.1) is 5.69 Å². The first-order valence-corrected chi connectivity index (χ1v) is 6.22. The topological polar surface area (TPSA) is 22.1 Å². The molecule has 2 nitrogen and oxygen atoms in total. The van der Waals surface area contributed by atoms with Gasteiger partial charge in [0.15, 0.2) is 0 Å². The van der Waals surface area contributed by atoms with Crippen molar-refractivity contribution >= 4 is 12.4 Å². The number of aryl methyl sites for hydroxylation is 2. The smallest absolute Gasteiger partial charge is 0.487 e. The van der Waals surface area contributed by atoms with Crippen LogP contribution in [-0.4, -0.2) is 12.0 Å². The van der Waals surface area contributed by atoms with Gasteiger partial charge >= 0.3 is 58.4 Å². The summed E-state index contributed by atoms with van der Waals surface area (Å²) in [7, 11) is 0. The molecular weight excluding hydrogens is 305 g/mol. The van der Waals surface area contributed by atoms with Gasteiger partial charge in [-0.15, -0.1) is 5.46 Å². The SMILES string of the molecule is Cc1cccc(COc2ccc([B-](F)(F)F)cc2C)n1.[K+]. The van der Waals surface area contributed by atoms with Crippen LogP contribution in [-0.2, 0) is 6.61 Å². The van der Waals surface area contributed by atoms with Crippen molar-refractivity contribution in [3.63, 3.8) is 0 Å². The molecule has 1 aromatic carbocycles. The molecule has 1 heterocycles. The van der Waals surface area contributed by atoms with E-state index in [0.717, 1.165) is 23.5 Å². The number of pyridine rings is 1. The molecule has 0 saturated carbocycles. The van der Waals surface area contributed by atoms with Gasteiger partial charge in [0.1, 0.15) is 12.4 Å². The third-order valence-electron chi connectivity index (χ3n) is 2.90. The van der Waals surface area contributed by atoms with Gasteiger partial charge in [0.25, 0.3) is 0 Å². The largest absolute Gasteiger partial charge is 1.00 e. The van der Waals surface area contributed by atoms with E-state index >= 15 is 0 Å². The molecule has 0 amide bonds. The summed E-state index contributed by atoms with van der Waals surface area (Å²) in [4.78, 5) is 4.27. The fraction of sp³-hybridized carbons (Fsp3) is 0.214. The molecule has 2 rings (SSSR count). The maximum absolute atomic E-state index is 12.6. The van der Waals surface area contributed by atoms with E-state index in [1.807, 2.05) is 25.1 Å². The predicted octanol–water partition coefficient (Wildman–Crippen LogP) is 0.336. The summed E-state index contributed by atoms with van der Waals surface area (Å²) in [5, 5.41) is 0.